The second-order valence-electron chi connectivity index (χ2n) is 6.50. The molecule has 0 fully saturated rings. The Balaban J connectivity index is 1.66. The highest BCUT2D eigenvalue weighted by molar-refractivity contribution is 7.98. The third-order valence-electron chi connectivity index (χ3n) is 4.55. The summed E-state index contributed by atoms with van der Waals surface area (Å²) in [6.45, 7) is 3.99. The summed E-state index contributed by atoms with van der Waals surface area (Å²) < 4.78 is 20.1. The summed E-state index contributed by atoms with van der Waals surface area (Å²) in [5.74, 6) is 6.56. The Morgan fingerprint density at radius 1 is 1.14 bits per heavy atom. The Morgan fingerprint density at radius 2 is 1.93 bits per heavy atom. The van der Waals surface area contributed by atoms with Gasteiger partial charge in [-0.1, -0.05) is 23.9 Å². The van der Waals surface area contributed by atoms with Gasteiger partial charge >= 0.3 is 5.63 Å². The molecule has 0 radical (unpaired) electrons. The fourth-order valence-electron chi connectivity index (χ4n) is 2.94. The van der Waals surface area contributed by atoms with Crippen molar-refractivity contribution in [2.24, 2.45) is 0 Å². The van der Waals surface area contributed by atoms with Crippen LogP contribution in [0.25, 0.3) is 22.4 Å². The van der Waals surface area contributed by atoms with Gasteiger partial charge in [0, 0.05) is 22.8 Å². The molecular weight excluding hydrogens is 379 g/mol. The first-order valence-corrected chi connectivity index (χ1v) is 9.54. The number of thioether (sulfide) groups is 1. The molecule has 142 valence electrons. The molecule has 4 rings (SSSR count). The lowest BCUT2D eigenvalue weighted by Gasteiger charge is -2.08. The van der Waals surface area contributed by atoms with Gasteiger partial charge in [0.2, 0.25) is 5.16 Å². The summed E-state index contributed by atoms with van der Waals surface area (Å²) in [4.78, 5) is 11.9. The van der Waals surface area contributed by atoms with E-state index in [2.05, 4.69) is 10.2 Å². The second kappa shape index (κ2) is 7.12. The normalized spacial score (nSPS) is 11.2. The van der Waals surface area contributed by atoms with Gasteiger partial charge in [0.05, 0.1) is 0 Å². The summed E-state index contributed by atoms with van der Waals surface area (Å²) in [5, 5.41) is 9.50. The van der Waals surface area contributed by atoms with E-state index < -0.39 is 5.63 Å². The van der Waals surface area contributed by atoms with Crippen molar-refractivity contribution >= 4 is 22.7 Å². The maximum absolute atomic E-state index is 13.5. The van der Waals surface area contributed by atoms with Crippen LogP contribution in [0.15, 0.2) is 56.8 Å². The van der Waals surface area contributed by atoms with E-state index in [9.17, 15) is 9.18 Å². The Hall–Kier alpha value is -3.13. The smallest absolute Gasteiger partial charge is 0.336 e. The van der Waals surface area contributed by atoms with Crippen LogP contribution >= 0.6 is 11.8 Å². The monoisotopic (exact) mass is 396 g/mol. The van der Waals surface area contributed by atoms with E-state index in [0.717, 1.165) is 22.1 Å². The Labute approximate surface area is 164 Å². The molecule has 0 spiro atoms. The van der Waals surface area contributed by atoms with Gasteiger partial charge in [-0.3, -0.25) is 0 Å². The molecule has 8 heteroatoms. The van der Waals surface area contributed by atoms with Crippen LogP contribution < -0.4 is 11.5 Å². The number of rotatable bonds is 4. The number of fused-ring (bicyclic) bond motifs is 1. The molecule has 0 amide bonds. The van der Waals surface area contributed by atoms with Crippen LogP contribution in [0.1, 0.15) is 16.7 Å². The molecule has 2 aromatic carbocycles. The maximum atomic E-state index is 13.5. The minimum atomic E-state index is -0.402. The number of hydrogen-bond donors (Lipinski definition) is 1. The number of hydrogen-bond acceptors (Lipinski definition) is 6. The van der Waals surface area contributed by atoms with E-state index in [1.165, 1.54) is 34.6 Å². The number of aryl methyl sites for hydroxylation is 2. The third-order valence-corrected chi connectivity index (χ3v) is 5.54. The highest BCUT2D eigenvalue weighted by Crippen LogP contribution is 2.28. The van der Waals surface area contributed by atoms with Gasteiger partial charge < -0.3 is 10.3 Å². The summed E-state index contributed by atoms with van der Waals surface area (Å²) in [5.41, 5.74) is 3.69. The first kappa shape index (κ1) is 18.2. The van der Waals surface area contributed by atoms with Crippen LogP contribution in [0.4, 0.5) is 4.39 Å². The van der Waals surface area contributed by atoms with E-state index in [4.69, 9.17) is 10.3 Å². The molecule has 0 unspecified atom stereocenters. The molecule has 0 aliphatic rings. The molecule has 0 bridgehead atoms. The van der Waals surface area contributed by atoms with Crippen molar-refractivity contribution in [1.82, 2.24) is 14.9 Å². The molecule has 6 nitrogen and oxygen atoms in total. The second-order valence-corrected chi connectivity index (χ2v) is 7.44. The fourth-order valence-corrected chi connectivity index (χ4v) is 3.79. The number of halogens is 1. The van der Waals surface area contributed by atoms with Crippen molar-refractivity contribution in [2.75, 3.05) is 5.84 Å². The fraction of sp³-hybridized carbons (Fsp3) is 0.150. The van der Waals surface area contributed by atoms with Crippen LogP contribution in [0.2, 0.25) is 0 Å². The Morgan fingerprint density at radius 3 is 2.71 bits per heavy atom. The third kappa shape index (κ3) is 3.38. The first-order valence-electron chi connectivity index (χ1n) is 8.55. The SMILES string of the molecule is Cc1cc2oc(=O)cc(CSc3nnc(-c4cccc(F)c4)n3N)c2cc1C. The molecule has 2 aromatic heterocycles. The molecule has 2 N–H and O–H groups in total. The predicted octanol–water partition coefficient (Wildman–Crippen LogP) is 3.81. The van der Waals surface area contributed by atoms with Gasteiger partial charge in [-0.05, 0) is 54.8 Å². The number of nitrogens with zero attached hydrogens (tertiary/aromatic N) is 3. The van der Waals surface area contributed by atoms with Crippen LogP contribution in [0.3, 0.4) is 0 Å². The largest absolute Gasteiger partial charge is 0.423 e. The van der Waals surface area contributed by atoms with E-state index in [1.807, 2.05) is 26.0 Å². The molecule has 0 saturated heterocycles. The van der Waals surface area contributed by atoms with Crippen LogP contribution in [0.5, 0.6) is 0 Å². The van der Waals surface area contributed by atoms with Crippen molar-refractivity contribution in [3.05, 3.63) is 75.4 Å². The van der Waals surface area contributed by atoms with E-state index in [0.29, 0.717) is 27.9 Å². The predicted molar refractivity (Wildman–Crippen MR) is 107 cm³/mol. The summed E-state index contributed by atoms with van der Waals surface area (Å²) in [6, 6.07) is 11.4. The maximum Gasteiger partial charge on any atom is 0.336 e. The van der Waals surface area contributed by atoms with Gasteiger partial charge in [-0.15, -0.1) is 10.2 Å². The van der Waals surface area contributed by atoms with E-state index in [1.54, 1.807) is 12.1 Å². The van der Waals surface area contributed by atoms with Gasteiger partial charge in [-0.25, -0.2) is 13.9 Å². The first-order chi connectivity index (χ1) is 13.4. The average Bonchev–Trinajstić information content (AvgIpc) is 3.02. The zero-order valence-electron chi connectivity index (χ0n) is 15.3. The van der Waals surface area contributed by atoms with Gasteiger partial charge in [0.25, 0.3) is 0 Å². The molecule has 0 saturated carbocycles. The minimum absolute atomic E-state index is 0.367. The molecule has 2 heterocycles. The van der Waals surface area contributed by atoms with Crippen molar-refractivity contribution in [2.45, 2.75) is 24.8 Å². The minimum Gasteiger partial charge on any atom is -0.423 e. The number of nitrogen functional groups attached to an aromatic ring is 1. The molecule has 0 aliphatic heterocycles. The van der Waals surface area contributed by atoms with Gasteiger partial charge in [0.15, 0.2) is 5.82 Å². The summed E-state index contributed by atoms with van der Waals surface area (Å²) in [7, 11) is 0. The highest BCUT2D eigenvalue weighted by Gasteiger charge is 2.14. The van der Waals surface area contributed by atoms with Crippen LogP contribution in [0, 0.1) is 19.7 Å². The summed E-state index contributed by atoms with van der Waals surface area (Å²) in [6.07, 6.45) is 0. The van der Waals surface area contributed by atoms with Crippen LogP contribution in [-0.2, 0) is 5.75 Å². The number of nitrogens with two attached hydrogens (primary N) is 1. The molecule has 0 atom stereocenters. The van der Waals surface area contributed by atoms with E-state index in [-0.39, 0.29) is 5.82 Å². The average molecular weight is 396 g/mol. The molecular formula is C20H17FN4O2S. The van der Waals surface area contributed by atoms with Crippen molar-refractivity contribution < 1.29 is 8.81 Å². The van der Waals surface area contributed by atoms with Crippen molar-refractivity contribution in [3.8, 4) is 11.4 Å². The lowest BCUT2D eigenvalue weighted by atomic mass is 10.0. The number of aromatic nitrogens is 3. The van der Waals surface area contributed by atoms with E-state index >= 15 is 0 Å². The topological polar surface area (TPSA) is 86.9 Å². The van der Waals surface area contributed by atoms with Gasteiger partial charge in [0.1, 0.15) is 11.4 Å². The highest BCUT2D eigenvalue weighted by atomic mass is 32.2. The van der Waals surface area contributed by atoms with Crippen molar-refractivity contribution in [1.29, 1.82) is 0 Å². The standard InChI is InChI=1S/C20H17FN4O2S/c1-11-6-16-14(9-18(26)27-17(16)7-12(11)2)10-28-20-24-23-19(25(20)22)13-4-3-5-15(21)8-13/h3-9H,10,22H2,1-2H3. The lowest BCUT2D eigenvalue weighted by molar-refractivity contribution is 0.559. The zero-order chi connectivity index (χ0) is 19.8. The van der Waals surface area contributed by atoms with Crippen LogP contribution in [-0.4, -0.2) is 14.9 Å². The molecule has 0 aliphatic carbocycles. The molecule has 28 heavy (non-hydrogen) atoms. The van der Waals surface area contributed by atoms with Gasteiger partial charge in [-0.2, -0.15) is 0 Å². The summed E-state index contributed by atoms with van der Waals surface area (Å²) >= 11 is 1.34. The number of benzene rings is 2. The Kier molecular flexibility index (Phi) is 4.64. The zero-order valence-corrected chi connectivity index (χ0v) is 16.1. The van der Waals surface area contributed by atoms with Crippen molar-refractivity contribution in [3.63, 3.8) is 0 Å². The Bertz CT molecular complexity index is 1250. The lowest BCUT2D eigenvalue weighted by Crippen LogP contribution is -2.11. The molecule has 4 aromatic rings. The quantitative estimate of drug-likeness (QED) is 0.321.